The van der Waals surface area contributed by atoms with Crippen molar-refractivity contribution in [1.29, 1.82) is 0 Å². The minimum absolute atomic E-state index is 0.0169. The zero-order valence-corrected chi connectivity index (χ0v) is 20.3. The second-order valence-corrected chi connectivity index (χ2v) is 9.45. The smallest absolute Gasteiger partial charge is 0.410 e. The molecule has 0 bridgehead atoms. The summed E-state index contributed by atoms with van der Waals surface area (Å²) in [7, 11) is 1.55. The van der Waals surface area contributed by atoms with Gasteiger partial charge in [0.15, 0.2) is 11.5 Å². The molecule has 7 heteroatoms. The van der Waals surface area contributed by atoms with Crippen molar-refractivity contribution < 1.29 is 23.8 Å². The maximum absolute atomic E-state index is 13.2. The maximum atomic E-state index is 13.2. The lowest BCUT2D eigenvalue weighted by atomic mass is 9.96. The Hall–Kier alpha value is -2.70. The predicted molar refractivity (Wildman–Crippen MR) is 125 cm³/mol. The van der Waals surface area contributed by atoms with Gasteiger partial charge >= 0.3 is 6.09 Å². The predicted octanol–water partition coefficient (Wildman–Crippen LogP) is 4.76. The number of carbonyl (C=O) groups is 2. The van der Waals surface area contributed by atoms with Gasteiger partial charge in [-0.05, 0) is 71.6 Å². The van der Waals surface area contributed by atoms with Crippen LogP contribution in [0.4, 0.5) is 4.79 Å². The number of ether oxygens (including phenoxy) is 3. The standard InChI is InChI=1S/C25H38N2O5/c1-8-14-31-21-12-11-20(15-22(21)30-7)23(28)26-13-9-10-19(16-26)17-27(18(2)3)24(29)32-25(4,5)6/h8,11-12,15,18-19H,1,9-10,13-14,16-17H2,2-7H3. The van der Waals surface area contributed by atoms with E-state index in [1.54, 1.807) is 36.3 Å². The van der Waals surface area contributed by atoms with Gasteiger partial charge < -0.3 is 24.0 Å². The topological polar surface area (TPSA) is 68.3 Å². The minimum Gasteiger partial charge on any atom is -0.493 e. The molecule has 1 atom stereocenters. The second-order valence-electron chi connectivity index (χ2n) is 9.45. The zero-order valence-electron chi connectivity index (χ0n) is 20.3. The number of benzene rings is 1. The third-order valence-electron chi connectivity index (χ3n) is 5.28. The van der Waals surface area contributed by atoms with Gasteiger partial charge in [0.25, 0.3) is 5.91 Å². The highest BCUT2D eigenvalue weighted by Crippen LogP contribution is 2.29. The summed E-state index contributed by atoms with van der Waals surface area (Å²) in [4.78, 5) is 29.5. The van der Waals surface area contributed by atoms with Crippen molar-refractivity contribution in [3.8, 4) is 11.5 Å². The highest BCUT2D eigenvalue weighted by molar-refractivity contribution is 5.95. The summed E-state index contributed by atoms with van der Waals surface area (Å²) >= 11 is 0. The molecule has 1 unspecified atom stereocenters. The Morgan fingerprint density at radius 1 is 1.28 bits per heavy atom. The summed E-state index contributed by atoms with van der Waals surface area (Å²) in [6, 6.07) is 5.24. The van der Waals surface area contributed by atoms with Crippen LogP contribution in [0.5, 0.6) is 11.5 Å². The highest BCUT2D eigenvalue weighted by atomic mass is 16.6. The Kier molecular flexibility index (Phi) is 8.99. The van der Waals surface area contributed by atoms with Crippen LogP contribution >= 0.6 is 0 Å². The number of carbonyl (C=O) groups excluding carboxylic acids is 2. The van der Waals surface area contributed by atoms with Crippen molar-refractivity contribution in [2.75, 3.05) is 33.4 Å². The molecule has 1 saturated heterocycles. The number of amides is 2. The molecular weight excluding hydrogens is 408 g/mol. The van der Waals surface area contributed by atoms with E-state index >= 15 is 0 Å². The number of nitrogens with zero attached hydrogens (tertiary/aromatic N) is 2. The highest BCUT2D eigenvalue weighted by Gasteiger charge is 2.30. The molecule has 7 nitrogen and oxygen atoms in total. The van der Waals surface area contributed by atoms with E-state index < -0.39 is 5.60 Å². The van der Waals surface area contributed by atoms with Gasteiger partial charge in [-0.2, -0.15) is 0 Å². The molecule has 2 rings (SSSR count). The van der Waals surface area contributed by atoms with Crippen LogP contribution in [-0.4, -0.2) is 66.8 Å². The number of piperidine rings is 1. The monoisotopic (exact) mass is 446 g/mol. The first-order valence-corrected chi connectivity index (χ1v) is 11.3. The lowest BCUT2D eigenvalue weighted by Gasteiger charge is -2.37. The molecule has 0 aromatic heterocycles. The van der Waals surface area contributed by atoms with Gasteiger partial charge in [-0.25, -0.2) is 4.79 Å². The average Bonchev–Trinajstić information content (AvgIpc) is 2.74. The Morgan fingerprint density at radius 2 is 2.00 bits per heavy atom. The number of hydrogen-bond acceptors (Lipinski definition) is 5. The van der Waals surface area contributed by atoms with Crippen LogP contribution < -0.4 is 9.47 Å². The van der Waals surface area contributed by atoms with Crippen molar-refractivity contribution in [1.82, 2.24) is 9.80 Å². The van der Waals surface area contributed by atoms with Crippen LogP contribution in [0.15, 0.2) is 30.9 Å². The Labute approximate surface area is 192 Å². The van der Waals surface area contributed by atoms with Crippen LogP contribution in [0.25, 0.3) is 0 Å². The van der Waals surface area contributed by atoms with Crippen molar-refractivity contribution in [3.63, 3.8) is 0 Å². The van der Waals surface area contributed by atoms with Crippen LogP contribution in [0.1, 0.15) is 57.8 Å². The lowest BCUT2D eigenvalue weighted by Crippen LogP contribution is -2.48. The first-order chi connectivity index (χ1) is 15.1. The minimum atomic E-state index is -0.542. The maximum Gasteiger partial charge on any atom is 0.410 e. The van der Waals surface area contributed by atoms with Crippen LogP contribution in [0, 0.1) is 5.92 Å². The molecule has 1 aliphatic rings. The van der Waals surface area contributed by atoms with E-state index in [0.717, 1.165) is 12.8 Å². The number of rotatable bonds is 8. The molecule has 1 aromatic carbocycles. The van der Waals surface area contributed by atoms with Gasteiger partial charge in [-0.15, -0.1) is 0 Å². The Balaban J connectivity index is 2.08. The summed E-state index contributed by atoms with van der Waals surface area (Å²) in [5.41, 5.74) is 0.0145. The molecule has 2 amide bonds. The van der Waals surface area contributed by atoms with Gasteiger partial charge in [-0.1, -0.05) is 12.7 Å². The molecule has 1 heterocycles. The fourth-order valence-corrected chi connectivity index (χ4v) is 3.74. The van der Waals surface area contributed by atoms with Crippen molar-refractivity contribution in [2.24, 2.45) is 5.92 Å². The van der Waals surface area contributed by atoms with Crippen molar-refractivity contribution in [2.45, 2.75) is 59.1 Å². The van der Waals surface area contributed by atoms with Crippen molar-refractivity contribution in [3.05, 3.63) is 36.4 Å². The molecule has 1 fully saturated rings. The fourth-order valence-electron chi connectivity index (χ4n) is 3.74. The van der Waals surface area contributed by atoms with Crippen molar-refractivity contribution >= 4 is 12.0 Å². The third kappa shape index (κ3) is 7.18. The molecule has 32 heavy (non-hydrogen) atoms. The van der Waals surface area contributed by atoms with E-state index in [1.165, 1.54) is 0 Å². The SMILES string of the molecule is C=CCOc1ccc(C(=O)N2CCCC(CN(C(=O)OC(C)(C)C)C(C)C)C2)cc1OC. The molecule has 0 radical (unpaired) electrons. The molecule has 0 N–H and O–H groups in total. The molecule has 1 aromatic rings. The number of likely N-dealkylation sites (tertiary alicyclic amines) is 1. The van der Waals surface area contributed by atoms with E-state index in [-0.39, 0.29) is 24.0 Å². The Morgan fingerprint density at radius 3 is 2.59 bits per heavy atom. The van der Waals surface area contributed by atoms with Crippen LogP contribution in [0.2, 0.25) is 0 Å². The molecular formula is C25H38N2O5. The first-order valence-electron chi connectivity index (χ1n) is 11.3. The third-order valence-corrected chi connectivity index (χ3v) is 5.28. The zero-order chi connectivity index (χ0) is 23.9. The van der Waals surface area contributed by atoms with Gasteiger partial charge in [0.05, 0.1) is 7.11 Å². The van der Waals surface area contributed by atoms with Gasteiger partial charge in [0.2, 0.25) is 0 Å². The van der Waals surface area contributed by atoms with Gasteiger partial charge in [-0.3, -0.25) is 4.79 Å². The van der Waals surface area contributed by atoms with E-state index in [9.17, 15) is 9.59 Å². The van der Waals surface area contributed by atoms with Crippen LogP contribution in [0.3, 0.4) is 0 Å². The first kappa shape index (κ1) is 25.6. The lowest BCUT2D eigenvalue weighted by molar-refractivity contribution is 0.0124. The second kappa shape index (κ2) is 11.2. The summed E-state index contributed by atoms with van der Waals surface area (Å²) in [6.45, 7) is 15.4. The molecule has 178 valence electrons. The summed E-state index contributed by atoms with van der Waals surface area (Å²) < 4.78 is 16.6. The van der Waals surface area contributed by atoms with E-state index in [0.29, 0.717) is 43.3 Å². The van der Waals surface area contributed by atoms with E-state index in [1.807, 2.05) is 39.5 Å². The summed E-state index contributed by atoms with van der Waals surface area (Å²) in [5.74, 6) is 1.24. The molecule has 0 aliphatic carbocycles. The summed E-state index contributed by atoms with van der Waals surface area (Å²) in [5, 5.41) is 0. The molecule has 1 aliphatic heterocycles. The van der Waals surface area contributed by atoms with Crippen LogP contribution in [-0.2, 0) is 4.74 Å². The van der Waals surface area contributed by atoms with Gasteiger partial charge in [0, 0.05) is 31.2 Å². The van der Waals surface area contributed by atoms with E-state index in [2.05, 4.69) is 6.58 Å². The number of methoxy groups -OCH3 is 1. The molecule has 0 spiro atoms. The average molecular weight is 447 g/mol. The number of hydrogen-bond donors (Lipinski definition) is 0. The normalized spacial score (nSPS) is 16.5. The van der Waals surface area contributed by atoms with E-state index in [4.69, 9.17) is 14.2 Å². The Bertz CT molecular complexity index is 800. The summed E-state index contributed by atoms with van der Waals surface area (Å²) in [6.07, 6.45) is 3.21. The van der Waals surface area contributed by atoms with Gasteiger partial charge in [0.1, 0.15) is 12.2 Å². The fraction of sp³-hybridized carbons (Fsp3) is 0.600. The molecule has 0 saturated carbocycles. The quantitative estimate of drug-likeness (QED) is 0.539. The largest absolute Gasteiger partial charge is 0.493 e.